The third kappa shape index (κ3) is 3.45. The lowest BCUT2D eigenvalue weighted by molar-refractivity contribution is -0.119. The summed E-state index contributed by atoms with van der Waals surface area (Å²) in [6.45, 7) is 1.77. The molecule has 6 heteroatoms. The molecule has 1 heterocycles. The molecule has 1 saturated heterocycles. The quantitative estimate of drug-likeness (QED) is 0.902. The van der Waals surface area contributed by atoms with E-state index >= 15 is 0 Å². The van der Waals surface area contributed by atoms with Gasteiger partial charge in [-0.05, 0) is 30.7 Å². The Hall–Kier alpha value is -1.69. The van der Waals surface area contributed by atoms with Gasteiger partial charge in [0.25, 0.3) is 0 Å². The number of carbonyl (C=O) groups is 1. The first-order valence-electron chi connectivity index (χ1n) is 6.59. The third-order valence-electron chi connectivity index (χ3n) is 3.11. The van der Waals surface area contributed by atoms with Crippen molar-refractivity contribution in [2.24, 2.45) is 0 Å². The molecule has 1 aromatic rings. The van der Waals surface area contributed by atoms with Crippen molar-refractivity contribution < 1.29 is 18.3 Å². The SMILES string of the molecule is CC(C)NC1CCN(c2ccc(OC(F)F)cc2)C1=O. The highest BCUT2D eigenvalue weighted by molar-refractivity contribution is 5.99. The van der Waals surface area contributed by atoms with Gasteiger partial charge in [-0.15, -0.1) is 0 Å². The molecule has 1 amide bonds. The van der Waals surface area contributed by atoms with Gasteiger partial charge in [0.15, 0.2) is 0 Å². The monoisotopic (exact) mass is 284 g/mol. The number of alkyl halides is 2. The molecule has 1 unspecified atom stereocenters. The Labute approximate surface area is 116 Å². The van der Waals surface area contributed by atoms with E-state index < -0.39 is 6.61 Å². The average molecular weight is 284 g/mol. The molecule has 2 rings (SSSR count). The summed E-state index contributed by atoms with van der Waals surface area (Å²) in [5.41, 5.74) is 0.699. The van der Waals surface area contributed by atoms with E-state index in [1.54, 1.807) is 17.0 Å². The minimum absolute atomic E-state index is 0.0150. The lowest BCUT2D eigenvalue weighted by Gasteiger charge is -2.18. The van der Waals surface area contributed by atoms with Crippen LogP contribution in [0, 0.1) is 0 Å². The van der Waals surface area contributed by atoms with Crippen molar-refractivity contribution in [3.05, 3.63) is 24.3 Å². The summed E-state index contributed by atoms with van der Waals surface area (Å²) in [7, 11) is 0. The highest BCUT2D eigenvalue weighted by Gasteiger charge is 2.32. The minimum atomic E-state index is -2.84. The summed E-state index contributed by atoms with van der Waals surface area (Å²) >= 11 is 0. The van der Waals surface area contributed by atoms with Crippen molar-refractivity contribution in [1.29, 1.82) is 0 Å². The van der Waals surface area contributed by atoms with E-state index in [4.69, 9.17) is 0 Å². The fourth-order valence-electron chi connectivity index (χ4n) is 2.30. The second kappa shape index (κ2) is 6.17. The molecule has 0 saturated carbocycles. The van der Waals surface area contributed by atoms with Gasteiger partial charge in [0, 0.05) is 18.3 Å². The maximum absolute atomic E-state index is 12.2. The van der Waals surface area contributed by atoms with E-state index in [0.717, 1.165) is 6.42 Å². The van der Waals surface area contributed by atoms with Crippen molar-refractivity contribution in [3.63, 3.8) is 0 Å². The molecule has 1 aliphatic heterocycles. The topological polar surface area (TPSA) is 41.6 Å². The Bertz CT molecular complexity index is 463. The predicted octanol–water partition coefficient (Wildman–Crippen LogP) is 2.39. The van der Waals surface area contributed by atoms with E-state index in [9.17, 15) is 13.6 Å². The number of benzene rings is 1. The number of hydrogen-bond donors (Lipinski definition) is 1. The number of nitrogens with zero attached hydrogens (tertiary/aromatic N) is 1. The van der Waals surface area contributed by atoms with Crippen LogP contribution in [0.2, 0.25) is 0 Å². The zero-order chi connectivity index (χ0) is 14.7. The van der Waals surface area contributed by atoms with Gasteiger partial charge in [-0.3, -0.25) is 4.79 Å². The summed E-state index contributed by atoms with van der Waals surface area (Å²) in [6, 6.07) is 6.19. The normalized spacial score (nSPS) is 19.2. The molecule has 20 heavy (non-hydrogen) atoms. The zero-order valence-corrected chi connectivity index (χ0v) is 11.5. The van der Waals surface area contributed by atoms with Gasteiger partial charge in [-0.25, -0.2) is 0 Å². The van der Waals surface area contributed by atoms with Gasteiger partial charge in [0.1, 0.15) is 5.75 Å². The summed E-state index contributed by atoms with van der Waals surface area (Å²) < 4.78 is 28.4. The lowest BCUT2D eigenvalue weighted by atomic mass is 10.2. The second-order valence-corrected chi connectivity index (χ2v) is 5.02. The first kappa shape index (κ1) is 14.7. The van der Waals surface area contributed by atoms with Gasteiger partial charge in [0.2, 0.25) is 5.91 Å². The number of nitrogens with one attached hydrogen (secondary N) is 1. The first-order valence-corrected chi connectivity index (χ1v) is 6.59. The van der Waals surface area contributed by atoms with Crippen LogP contribution in [0.15, 0.2) is 24.3 Å². The van der Waals surface area contributed by atoms with E-state index in [-0.39, 0.29) is 23.7 Å². The Morgan fingerprint density at radius 2 is 1.95 bits per heavy atom. The Balaban J connectivity index is 2.03. The summed E-state index contributed by atoms with van der Waals surface area (Å²) in [5, 5.41) is 3.21. The van der Waals surface area contributed by atoms with Gasteiger partial charge < -0.3 is 15.0 Å². The molecule has 0 aliphatic carbocycles. The van der Waals surface area contributed by atoms with Crippen LogP contribution in [0.5, 0.6) is 5.75 Å². The van der Waals surface area contributed by atoms with Crippen molar-refractivity contribution in [2.75, 3.05) is 11.4 Å². The predicted molar refractivity (Wildman–Crippen MR) is 72.1 cm³/mol. The Morgan fingerprint density at radius 3 is 2.50 bits per heavy atom. The molecule has 0 aromatic heterocycles. The van der Waals surface area contributed by atoms with E-state index in [0.29, 0.717) is 12.2 Å². The lowest BCUT2D eigenvalue weighted by Crippen LogP contribution is -2.41. The molecule has 1 aromatic carbocycles. The maximum Gasteiger partial charge on any atom is 0.387 e. The van der Waals surface area contributed by atoms with Gasteiger partial charge in [-0.1, -0.05) is 13.8 Å². The van der Waals surface area contributed by atoms with Crippen LogP contribution in [0.25, 0.3) is 0 Å². The largest absolute Gasteiger partial charge is 0.435 e. The summed E-state index contributed by atoms with van der Waals surface area (Å²) in [4.78, 5) is 13.9. The Kier molecular flexibility index (Phi) is 4.54. The van der Waals surface area contributed by atoms with Crippen molar-refractivity contribution in [2.45, 2.75) is 39.0 Å². The minimum Gasteiger partial charge on any atom is -0.435 e. The van der Waals surface area contributed by atoms with Crippen molar-refractivity contribution in [3.8, 4) is 5.75 Å². The van der Waals surface area contributed by atoms with Gasteiger partial charge in [-0.2, -0.15) is 8.78 Å². The standard InChI is InChI=1S/C14H18F2N2O2/c1-9(2)17-12-7-8-18(13(12)19)10-3-5-11(6-4-10)20-14(15)16/h3-6,9,12,14,17H,7-8H2,1-2H3. The molecule has 0 spiro atoms. The van der Waals surface area contributed by atoms with E-state index in [1.807, 2.05) is 13.8 Å². The maximum atomic E-state index is 12.2. The smallest absolute Gasteiger partial charge is 0.387 e. The fourth-order valence-corrected chi connectivity index (χ4v) is 2.30. The van der Waals surface area contributed by atoms with Gasteiger partial charge >= 0.3 is 6.61 Å². The van der Waals surface area contributed by atoms with Crippen LogP contribution in [-0.4, -0.2) is 31.1 Å². The fraction of sp³-hybridized carbons (Fsp3) is 0.500. The van der Waals surface area contributed by atoms with E-state index in [2.05, 4.69) is 10.1 Å². The number of carbonyl (C=O) groups excluding carboxylic acids is 1. The van der Waals surface area contributed by atoms with Gasteiger partial charge in [0.05, 0.1) is 6.04 Å². The third-order valence-corrected chi connectivity index (χ3v) is 3.11. The molecule has 1 atom stereocenters. The van der Waals surface area contributed by atoms with E-state index in [1.165, 1.54) is 12.1 Å². The van der Waals surface area contributed by atoms with Crippen LogP contribution in [0.1, 0.15) is 20.3 Å². The molecule has 1 N–H and O–H groups in total. The highest BCUT2D eigenvalue weighted by atomic mass is 19.3. The number of ether oxygens (including phenoxy) is 1. The zero-order valence-electron chi connectivity index (χ0n) is 11.5. The van der Waals surface area contributed by atoms with Crippen molar-refractivity contribution >= 4 is 11.6 Å². The number of rotatable bonds is 5. The van der Waals surface area contributed by atoms with Crippen LogP contribution >= 0.6 is 0 Å². The molecule has 0 radical (unpaired) electrons. The molecule has 0 bridgehead atoms. The summed E-state index contributed by atoms with van der Waals surface area (Å²) in [5.74, 6) is 0.105. The number of amides is 1. The summed E-state index contributed by atoms with van der Waals surface area (Å²) in [6.07, 6.45) is 0.742. The second-order valence-electron chi connectivity index (χ2n) is 5.02. The molecule has 4 nitrogen and oxygen atoms in total. The number of halogens is 2. The molecular weight excluding hydrogens is 266 g/mol. The van der Waals surface area contributed by atoms with Crippen LogP contribution in [-0.2, 0) is 4.79 Å². The van der Waals surface area contributed by atoms with Crippen LogP contribution in [0.4, 0.5) is 14.5 Å². The van der Waals surface area contributed by atoms with Crippen molar-refractivity contribution in [1.82, 2.24) is 5.32 Å². The molecule has 1 fully saturated rings. The Morgan fingerprint density at radius 1 is 1.30 bits per heavy atom. The van der Waals surface area contributed by atoms with Crippen LogP contribution in [0.3, 0.4) is 0 Å². The number of hydrogen-bond acceptors (Lipinski definition) is 3. The number of anilines is 1. The average Bonchev–Trinajstić information content (AvgIpc) is 2.71. The highest BCUT2D eigenvalue weighted by Crippen LogP contribution is 2.25. The van der Waals surface area contributed by atoms with Crippen LogP contribution < -0.4 is 15.0 Å². The molecular formula is C14H18F2N2O2. The first-order chi connectivity index (χ1) is 9.47. The molecule has 1 aliphatic rings. The molecule has 110 valence electrons.